The minimum Gasteiger partial charge on any atom is -0.481 e. The molecule has 1 heterocycles. The smallest absolute Gasteiger partial charge is 0.265 e. The Hall–Kier alpha value is -1.86. The van der Waals surface area contributed by atoms with E-state index in [2.05, 4.69) is 37.2 Å². The maximum absolute atomic E-state index is 12.5. The summed E-state index contributed by atoms with van der Waals surface area (Å²) in [6.07, 6.45) is 0. The first-order valence-corrected chi connectivity index (χ1v) is 8.41. The molecule has 0 bridgehead atoms. The Kier molecular flexibility index (Phi) is 4.68. The number of rotatable bonds is 3. The van der Waals surface area contributed by atoms with Gasteiger partial charge in [-0.2, -0.15) is 0 Å². The van der Waals surface area contributed by atoms with Crippen LogP contribution in [0.4, 0.5) is 11.4 Å². The van der Waals surface area contributed by atoms with Crippen LogP contribution in [-0.2, 0) is 9.59 Å². The molecule has 5 nitrogen and oxygen atoms in total. The van der Waals surface area contributed by atoms with Crippen molar-refractivity contribution in [3.05, 3.63) is 51.4 Å². The number of ether oxygens (including phenoxy) is 1. The predicted octanol–water partition coefficient (Wildman–Crippen LogP) is 3.58. The number of para-hydroxylation sites is 3. The molecule has 0 aliphatic carbocycles. The van der Waals surface area contributed by atoms with Crippen molar-refractivity contribution in [2.45, 2.75) is 0 Å². The van der Waals surface area contributed by atoms with E-state index in [9.17, 15) is 9.59 Å². The van der Waals surface area contributed by atoms with E-state index in [0.29, 0.717) is 17.1 Å². The van der Waals surface area contributed by atoms with Gasteiger partial charge in [-0.3, -0.25) is 14.5 Å². The van der Waals surface area contributed by atoms with E-state index in [0.717, 1.165) is 8.95 Å². The van der Waals surface area contributed by atoms with E-state index in [-0.39, 0.29) is 25.0 Å². The maximum Gasteiger partial charge on any atom is 0.265 e. The first kappa shape index (κ1) is 16.0. The monoisotopic (exact) mass is 438 g/mol. The largest absolute Gasteiger partial charge is 0.481 e. The minimum atomic E-state index is -0.282. The summed E-state index contributed by atoms with van der Waals surface area (Å²) in [7, 11) is 0. The van der Waals surface area contributed by atoms with Crippen LogP contribution in [-0.4, -0.2) is 25.0 Å². The van der Waals surface area contributed by atoms with E-state index in [4.69, 9.17) is 4.74 Å². The van der Waals surface area contributed by atoms with Crippen molar-refractivity contribution < 1.29 is 14.3 Å². The van der Waals surface area contributed by atoms with Crippen molar-refractivity contribution in [2.24, 2.45) is 0 Å². The van der Waals surface area contributed by atoms with E-state index >= 15 is 0 Å². The van der Waals surface area contributed by atoms with E-state index in [1.54, 1.807) is 12.1 Å². The Bertz CT molecular complexity index is 759. The molecular formula is C16H12Br2N2O3. The van der Waals surface area contributed by atoms with Gasteiger partial charge in [0.15, 0.2) is 6.61 Å². The third-order valence-electron chi connectivity index (χ3n) is 3.33. The van der Waals surface area contributed by atoms with Crippen molar-refractivity contribution in [3.63, 3.8) is 0 Å². The molecule has 0 unspecified atom stereocenters. The lowest BCUT2D eigenvalue weighted by molar-refractivity contribution is -0.123. The quantitative estimate of drug-likeness (QED) is 0.795. The highest BCUT2D eigenvalue weighted by molar-refractivity contribution is 9.11. The minimum absolute atomic E-state index is 0.0175. The second-order valence-electron chi connectivity index (χ2n) is 4.88. The Balaban J connectivity index is 1.78. The highest BCUT2D eigenvalue weighted by Gasteiger charge is 2.27. The van der Waals surface area contributed by atoms with Crippen LogP contribution in [0.5, 0.6) is 5.75 Å². The Morgan fingerprint density at radius 3 is 2.57 bits per heavy atom. The van der Waals surface area contributed by atoms with E-state index in [1.807, 2.05) is 30.3 Å². The summed E-state index contributed by atoms with van der Waals surface area (Å²) in [5.41, 5.74) is 1.30. The lowest BCUT2D eigenvalue weighted by Crippen LogP contribution is -2.44. The topological polar surface area (TPSA) is 58.6 Å². The molecule has 2 aromatic rings. The molecule has 1 aliphatic rings. The molecule has 1 N–H and O–H groups in total. The van der Waals surface area contributed by atoms with Crippen molar-refractivity contribution in [1.82, 2.24) is 0 Å². The van der Waals surface area contributed by atoms with Crippen LogP contribution < -0.4 is 15.0 Å². The third kappa shape index (κ3) is 3.40. The summed E-state index contributed by atoms with van der Waals surface area (Å²) in [5.74, 6) is 0.0460. The van der Waals surface area contributed by atoms with Gasteiger partial charge in [0.1, 0.15) is 12.3 Å². The van der Waals surface area contributed by atoms with Crippen LogP contribution in [0.15, 0.2) is 51.4 Å². The van der Waals surface area contributed by atoms with Crippen LogP contribution in [0.25, 0.3) is 0 Å². The average molecular weight is 440 g/mol. The summed E-state index contributed by atoms with van der Waals surface area (Å²) < 4.78 is 7.11. The third-order valence-corrected chi connectivity index (χ3v) is 4.58. The standard InChI is InChI=1S/C16H12Br2N2O3/c17-10-4-3-5-11(18)16(10)23-9-15(22)20-8-14(21)19-12-6-1-2-7-13(12)20/h1-7H,8-9H2,(H,19,21). The first-order valence-electron chi connectivity index (χ1n) is 6.82. The molecule has 0 saturated heterocycles. The van der Waals surface area contributed by atoms with Gasteiger partial charge < -0.3 is 10.1 Å². The number of carbonyl (C=O) groups excluding carboxylic acids is 2. The van der Waals surface area contributed by atoms with Crippen LogP contribution in [0.1, 0.15) is 0 Å². The lowest BCUT2D eigenvalue weighted by Gasteiger charge is -2.29. The van der Waals surface area contributed by atoms with E-state index < -0.39 is 0 Å². The van der Waals surface area contributed by atoms with Gasteiger partial charge in [0.2, 0.25) is 5.91 Å². The van der Waals surface area contributed by atoms with Gasteiger partial charge in [0, 0.05) is 0 Å². The number of nitrogens with one attached hydrogen (secondary N) is 1. The number of hydrogen-bond acceptors (Lipinski definition) is 3. The Labute approximate surface area is 149 Å². The van der Waals surface area contributed by atoms with Gasteiger partial charge in [-0.05, 0) is 56.1 Å². The van der Waals surface area contributed by atoms with Crippen LogP contribution >= 0.6 is 31.9 Å². The molecule has 0 atom stereocenters. The summed E-state index contributed by atoms with van der Waals surface area (Å²) in [5, 5.41) is 2.75. The van der Waals surface area contributed by atoms with Crippen molar-refractivity contribution in [1.29, 1.82) is 0 Å². The molecule has 2 aromatic carbocycles. The summed E-state index contributed by atoms with van der Waals surface area (Å²) in [6, 6.07) is 12.7. The number of anilines is 2. The zero-order chi connectivity index (χ0) is 16.4. The van der Waals surface area contributed by atoms with Crippen LogP contribution in [0.2, 0.25) is 0 Å². The Morgan fingerprint density at radius 2 is 1.83 bits per heavy atom. The number of halogens is 2. The SMILES string of the molecule is O=C1CN(C(=O)COc2c(Br)cccc2Br)c2ccccc2N1. The molecule has 0 aromatic heterocycles. The molecule has 2 amide bonds. The van der Waals surface area contributed by atoms with Gasteiger partial charge >= 0.3 is 0 Å². The maximum atomic E-state index is 12.5. The highest BCUT2D eigenvalue weighted by Crippen LogP contribution is 2.33. The van der Waals surface area contributed by atoms with Crippen molar-refractivity contribution in [3.8, 4) is 5.75 Å². The number of nitrogens with zero attached hydrogens (tertiary/aromatic N) is 1. The molecule has 0 radical (unpaired) electrons. The fraction of sp³-hybridized carbons (Fsp3) is 0.125. The van der Waals surface area contributed by atoms with Gasteiger partial charge in [-0.1, -0.05) is 18.2 Å². The number of hydrogen-bond donors (Lipinski definition) is 1. The van der Waals surface area contributed by atoms with Crippen LogP contribution in [0.3, 0.4) is 0 Å². The summed E-state index contributed by atoms with van der Waals surface area (Å²) >= 11 is 6.77. The van der Waals surface area contributed by atoms with Gasteiger partial charge in [-0.15, -0.1) is 0 Å². The molecule has 0 fully saturated rings. The van der Waals surface area contributed by atoms with Crippen molar-refractivity contribution in [2.75, 3.05) is 23.4 Å². The molecule has 0 saturated carbocycles. The highest BCUT2D eigenvalue weighted by atomic mass is 79.9. The van der Waals surface area contributed by atoms with Crippen LogP contribution in [0, 0.1) is 0 Å². The fourth-order valence-electron chi connectivity index (χ4n) is 2.29. The molecule has 0 spiro atoms. The molecule has 3 rings (SSSR count). The molecular weight excluding hydrogens is 428 g/mol. The second kappa shape index (κ2) is 6.72. The lowest BCUT2D eigenvalue weighted by atomic mass is 10.2. The zero-order valence-electron chi connectivity index (χ0n) is 11.9. The molecule has 118 valence electrons. The zero-order valence-corrected chi connectivity index (χ0v) is 15.1. The first-order chi connectivity index (χ1) is 11.1. The van der Waals surface area contributed by atoms with Gasteiger partial charge in [0.25, 0.3) is 5.91 Å². The number of benzene rings is 2. The average Bonchev–Trinajstić information content (AvgIpc) is 2.53. The second-order valence-corrected chi connectivity index (χ2v) is 6.59. The molecule has 23 heavy (non-hydrogen) atoms. The normalized spacial score (nSPS) is 13.3. The Morgan fingerprint density at radius 1 is 1.13 bits per heavy atom. The van der Waals surface area contributed by atoms with E-state index in [1.165, 1.54) is 4.90 Å². The predicted molar refractivity (Wildman–Crippen MR) is 94.8 cm³/mol. The molecule has 1 aliphatic heterocycles. The summed E-state index contributed by atoms with van der Waals surface area (Å²) in [4.78, 5) is 25.7. The number of carbonyl (C=O) groups is 2. The number of fused-ring (bicyclic) bond motifs is 1. The van der Waals surface area contributed by atoms with Gasteiger partial charge in [-0.25, -0.2) is 0 Å². The number of amides is 2. The van der Waals surface area contributed by atoms with Gasteiger partial charge in [0.05, 0.1) is 20.3 Å². The van der Waals surface area contributed by atoms with Crippen molar-refractivity contribution >= 4 is 55.0 Å². The fourth-order valence-corrected chi connectivity index (χ4v) is 3.52. The molecule has 7 heteroatoms. The summed E-state index contributed by atoms with van der Waals surface area (Å²) in [6.45, 7) is -0.181.